The maximum atomic E-state index is 9.71. The Labute approximate surface area is 105 Å². The van der Waals surface area contributed by atoms with Crippen LogP contribution >= 0.6 is 0 Å². The summed E-state index contributed by atoms with van der Waals surface area (Å²) >= 11 is 0. The number of rotatable bonds is 7. The van der Waals surface area contributed by atoms with Gasteiger partial charge in [0.2, 0.25) is 0 Å². The van der Waals surface area contributed by atoms with Crippen LogP contribution in [0.1, 0.15) is 45.1 Å². The minimum Gasteiger partial charge on any atom is -0.394 e. The molecule has 0 aliphatic heterocycles. The first-order chi connectivity index (χ1) is 8.15. The molecule has 1 aromatic carbocycles. The SMILES string of the molecule is CCCC(CO)(CCC)Nc1cccc(C)c1. The van der Waals surface area contributed by atoms with E-state index in [1.807, 2.05) is 0 Å². The third kappa shape index (κ3) is 4.04. The summed E-state index contributed by atoms with van der Waals surface area (Å²) in [4.78, 5) is 0. The molecule has 0 heterocycles. The van der Waals surface area contributed by atoms with Gasteiger partial charge in [-0.05, 0) is 37.5 Å². The van der Waals surface area contributed by atoms with E-state index in [4.69, 9.17) is 0 Å². The largest absolute Gasteiger partial charge is 0.394 e. The zero-order chi connectivity index (χ0) is 12.7. The predicted molar refractivity (Wildman–Crippen MR) is 74.4 cm³/mol. The monoisotopic (exact) mass is 235 g/mol. The average molecular weight is 235 g/mol. The Bertz CT molecular complexity index is 329. The number of anilines is 1. The van der Waals surface area contributed by atoms with Crippen LogP contribution < -0.4 is 5.32 Å². The molecule has 17 heavy (non-hydrogen) atoms. The van der Waals surface area contributed by atoms with E-state index in [1.165, 1.54) is 5.56 Å². The fraction of sp³-hybridized carbons (Fsp3) is 0.600. The van der Waals surface area contributed by atoms with E-state index in [1.54, 1.807) is 0 Å². The number of hydrogen-bond acceptors (Lipinski definition) is 2. The third-order valence-electron chi connectivity index (χ3n) is 3.19. The lowest BCUT2D eigenvalue weighted by Crippen LogP contribution is -2.42. The number of hydrogen-bond donors (Lipinski definition) is 2. The minimum absolute atomic E-state index is 0.155. The number of aliphatic hydroxyl groups is 1. The average Bonchev–Trinajstić information content (AvgIpc) is 2.29. The van der Waals surface area contributed by atoms with Crippen LogP contribution in [0, 0.1) is 6.92 Å². The van der Waals surface area contributed by atoms with Crippen molar-refractivity contribution in [2.24, 2.45) is 0 Å². The summed E-state index contributed by atoms with van der Waals surface area (Å²) in [6.45, 7) is 6.62. The van der Waals surface area contributed by atoms with E-state index < -0.39 is 0 Å². The highest BCUT2D eigenvalue weighted by Gasteiger charge is 2.27. The molecule has 1 aromatic rings. The first kappa shape index (κ1) is 14.0. The van der Waals surface area contributed by atoms with E-state index in [2.05, 4.69) is 50.4 Å². The van der Waals surface area contributed by atoms with Gasteiger partial charge >= 0.3 is 0 Å². The molecule has 96 valence electrons. The lowest BCUT2D eigenvalue weighted by atomic mass is 9.89. The van der Waals surface area contributed by atoms with E-state index >= 15 is 0 Å². The van der Waals surface area contributed by atoms with Gasteiger partial charge in [-0.3, -0.25) is 0 Å². The van der Waals surface area contributed by atoms with Crippen LogP contribution in [0.5, 0.6) is 0 Å². The fourth-order valence-corrected chi connectivity index (χ4v) is 2.43. The van der Waals surface area contributed by atoms with Crippen LogP contribution in [-0.2, 0) is 0 Å². The molecule has 0 aliphatic carbocycles. The summed E-state index contributed by atoms with van der Waals surface area (Å²) in [5, 5.41) is 13.2. The molecule has 1 rings (SSSR count). The number of nitrogens with one attached hydrogen (secondary N) is 1. The highest BCUT2D eigenvalue weighted by Crippen LogP contribution is 2.25. The second-order valence-electron chi connectivity index (χ2n) is 4.93. The van der Waals surface area contributed by atoms with E-state index in [-0.39, 0.29) is 12.1 Å². The van der Waals surface area contributed by atoms with Gasteiger partial charge in [0.1, 0.15) is 0 Å². The van der Waals surface area contributed by atoms with Crippen LogP contribution in [0.4, 0.5) is 5.69 Å². The molecule has 0 aliphatic rings. The van der Waals surface area contributed by atoms with Gasteiger partial charge < -0.3 is 10.4 Å². The van der Waals surface area contributed by atoms with Gasteiger partial charge in [0.15, 0.2) is 0 Å². The number of aryl methyl sites for hydroxylation is 1. The molecule has 0 spiro atoms. The van der Waals surface area contributed by atoms with Crippen molar-refractivity contribution in [3.63, 3.8) is 0 Å². The van der Waals surface area contributed by atoms with E-state index in [0.29, 0.717) is 0 Å². The van der Waals surface area contributed by atoms with Gasteiger partial charge in [0.05, 0.1) is 12.1 Å². The molecule has 2 N–H and O–H groups in total. The lowest BCUT2D eigenvalue weighted by molar-refractivity contribution is 0.192. The molecule has 0 atom stereocenters. The summed E-state index contributed by atoms with van der Waals surface area (Å²) in [6.07, 6.45) is 4.18. The molecule has 0 aromatic heterocycles. The molecule has 0 saturated heterocycles. The smallest absolute Gasteiger partial charge is 0.0661 e. The summed E-state index contributed by atoms with van der Waals surface area (Å²) in [5.41, 5.74) is 2.20. The van der Waals surface area contributed by atoms with Crippen molar-refractivity contribution in [1.29, 1.82) is 0 Å². The van der Waals surface area contributed by atoms with Crippen molar-refractivity contribution in [2.75, 3.05) is 11.9 Å². The van der Waals surface area contributed by atoms with Gasteiger partial charge in [-0.15, -0.1) is 0 Å². The Morgan fingerprint density at radius 2 is 1.82 bits per heavy atom. The Morgan fingerprint density at radius 1 is 1.18 bits per heavy atom. The van der Waals surface area contributed by atoms with Crippen molar-refractivity contribution in [2.45, 2.75) is 52.0 Å². The molecule has 0 saturated carbocycles. The maximum Gasteiger partial charge on any atom is 0.0661 e. The van der Waals surface area contributed by atoms with Gasteiger partial charge in [-0.1, -0.05) is 38.8 Å². The topological polar surface area (TPSA) is 32.3 Å². The Hall–Kier alpha value is -1.02. The normalized spacial score (nSPS) is 11.5. The van der Waals surface area contributed by atoms with Crippen LogP contribution in [-0.4, -0.2) is 17.3 Å². The Balaban J connectivity index is 2.84. The molecule has 0 amide bonds. The number of benzene rings is 1. The van der Waals surface area contributed by atoms with Crippen LogP contribution in [0.2, 0.25) is 0 Å². The molecule has 2 nitrogen and oxygen atoms in total. The summed E-state index contributed by atoms with van der Waals surface area (Å²) in [7, 11) is 0. The van der Waals surface area contributed by atoms with Crippen LogP contribution in [0.15, 0.2) is 24.3 Å². The van der Waals surface area contributed by atoms with Crippen molar-refractivity contribution in [3.8, 4) is 0 Å². The predicted octanol–water partition coefficient (Wildman–Crippen LogP) is 3.74. The minimum atomic E-state index is -0.155. The van der Waals surface area contributed by atoms with E-state index in [9.17, 15) is 5.11 Å². The zero-order valence-electron chi connectivity index (χ0n) is 11.3. The first-order valence-electron chi connectivity index (χ1n) is 6.61. The third-order valence-corrected chi connectivity index (χ3v) is 3.19. The summed E-state index contributed by atoms with van der Waals surface area (Å²) in [6, 6.07) is 8.35. The maximum absolute atomic E-state index is 9.71. The Kier molecular flexibility index (Phi) is 5.49. The summed E-state index contributed by atoms with van der Waals surface area (Å²) in [5.74, 6) is 0. The molecule has 0 bridgehead atoms. The standard InChI is InChI=1S/C15H25NO/c1-4-9-15(12-17,10-5-2)16-14-8-6-7-13(3)11-14/h6-8,11,16-17H,4-5,9-10,12H2,1-3H3. The van der Waals surface area contributed by atoms with Crippen molar-refractivity contribution < 1.29 is 5.11 Å². The lowest BCUT2D eigenvalue weighted by Gasteiger charge is -2.34. The van der Waals surface area contributed by atoms with Crippen molar-refractivity contribution in [3.05, 3.63) is 29.8 Å². The molecular formula is C15H25NO. The second-order valence-corrected chi connectivity index (χ2v) is 4.93. The molecule has 2 heteroatoms. The van der Waals surface area contributed by atoms with Gasteiger partial charge in [-0.2, -0.15) is 0 Å². The second kappa shape index (κ2) is 6.65. The first-order valence-corrected chi connectivity index (χ1v) is 6.61. The molecule has 0 radical (unpaired) electrons. The van der Waals surface area contributed by atoms with Crippen LogP contribution in [0.25, 0.3) is 0 Å². The zero-order valence-corrected chi connectivity index (χ0v) is 11.3. The van der Waals surface area contributed by atoms with Crippen molar-refractivity contribution in [1.82, 2.24) is 0 Å². The van der Waals surface area contributed by atoms with E-state index in [0.717, 1.165) is 31.4 Å². The highest BCUT2D eigenvalue weighted by molar-refractivity contribution is 5.47. The highest BCUT2D eigenvalue weighted by atomic mass is 16.3. The van der Waals surface area contributed by atoms with Gasteiger partial charge in [0, 0.05) is 5.69 Å². The van der Waals surface area contributed by atoms with Crippen molar-refractivity contribution >= 4 is 5.69 Å². The molecule has 0 unspecified atom stereocenters. The Morgan fingerprint density at radius 3 is 2.29 bits per heavy atom. The van der Waals surface area contributed by atoms with Gasteiger partial charge in [-0.25, -0.2) is 0 Å². The fourth-order valence-electron chi connectivity index (χ4n) is 2.43. The number of aliphatic hydroxyl groups excluding tert-OH is 1. The molecular weight excluding hydrogens is 210 g/mol. The van der Waals surface area contributed by atoms with Gasteiger partial charge in [0.25, 0.3) is 0 Å². The van der Waals surface area contributed by atoms with Crippen LogP contribution in [0.3, 0.4) is 0 Å². The molecule has 0 fully saturated rings. The quantitative estimate of drug-likeness (QED) is 0.754. The summed E-state index contributed by atoms with van der Waals surface area (Å²) < 4.78 is 0.